The lowest BCUT2D eigenvalue weighted by atomic mass is 10.00. The number of benzene rings is 3. The molecule has 1 atom stereocenters. The summed E-state index contributed by atoms with van der Waals surface area (Å²) in [6.45, 7) is 0.226. The van der Waals surface area contributed by atoms with Gasteiger partial charge in [0, 0.05) is 24.7 Å². The number of nitrogens with one attached hydrogen (secondary N) is 2. The predicted molar refractivity (Wildman–Crippen MR) is 124 cm³/mol. The summed E-state index contributed by atoms with van der Waals surface area (Å²) in [6.07, 6.45) is -1.23. The number of nitrogens with zero attached hydrogens (tertiary/aromatic N) is 2. The van der Waals surface area contributed by atoms with Crippen molar-refractivity contribution in [1.82, 2.24) is 10.6 Å². The van der Waals surface area contributed by atoms with E-state index in [1.54, 1.807) is 68.8 Å². The molecule has 1 unspecified atom stereocenters. The minimum absolute atomic E-state index is 0.226. The minimum atomic E-state index is -1.23. The van der Waals surface area contributed by atoms with Crippen molar-refractivity contribution in [2.24, 2.45) is 4.99 Å². The van der Waals surface area contributed by atoms with Crippen molar-refractivity contribution >= 4 is 23.3 Å². The number of halogens is 1. The van der Waals surface area contributed by atoms with Crippen molar-refractivity contribution in [1.29, 1.82) is 0 Å². The highest BCUT2D eigenvalue weighted by Gasteiger charge is 2.31. The Morgan fingerprint density at radius 2 is 1.79 bits per heavy atom. The largest absolute Gasteiger partial charge is 0.497 e. The smallest absolute Gasteiger partial charge is 0.317 e. The lowest BCUT2D eigenvalue weighted by Crippen LogP contribution is -2.49. The molecule has 0 bridgehead atoms. The van der Waals surface area contributed by atoms with E-state index in [1.807, 2.05) is 12.1 Å². The summed E-state index contributed by atoms with van der Waals surface area (Å²) in [7, 11) is 3.17. The van der Waals surface area contributed by atoms with Crippen LogP contribution in [0, 0.1) is 5.82 Å². The van der Waals surface area contributed by atoms with E-state index < -0.39 is 23.9 Å². The van der Waals surface area contributed by atoms with Gasteiger partial charge in [0.05, 0.1) is 18.5 Å². The van der Waals surface area contributed by atoms with E-state index in [-0.39, 0.29) is 12.1 Å². The van der Waals surface area contributed by atoms with Gasteiger partial charge in [-0.2, -0.15) is 0 Å². The average molecular weight is 446 g/mol. The molecule has 2 N–H and O–H groups in total. The Morgan fingerprint density at radius 3 is 2.55 bits per heavy atom. The van der Waals surface area contributed by atoms with Crippen LogP contribution in [0.4, 0.5) is 14.9 Å². The first-order valence-electron chi connectivity index (χ1n) is 10.3. The van der Waals surface area contributed by atoms with Crippen LogP contribution < -0.4 is 20.3 Å². The third-order valence-corrected chi connectivity index (χ3v) is 5.33. The van der Waals surface area contributed by atoms with Gasteiger partial charge in [0.25, 0.3) is 5.91 Å². The first-order chi connectivity index (χ1) is 16.0. The Balaban J connectivity index is 1.62. The van der Waals surface area contributed by atoms with Crippen LogP contribution in [0.15, 0.2) is 77.8 Å². The third kappa shape index (κ3) is 4.69. The van der Waals surface area contributed by atoms with Gasteiger partial charge in [0.2, 0.25) is 6.17 Å². The fourth-order valence-corrected chi connectivity index (χ4v) is 3.62. The van der Waals surface area contributed by atoms with Gasteiger partial charge in [-0.15, -0.1) is 0 Å². The number of urea groups is 1. The Kier molecular flexibility index (Phi) is 6.35. The first kappa shape index (κ1) is 22.0. The number of anilines is 1. The van der Waals surface area contributed by atoms with Gasteiger partial charge < -0.3 is 20.3 Å². The number of hydrogen-bond acceptors (Lipinski definition) is 4. The third-order valence-electron chi connectivity index (χ3n) is 5.33. The summed E-state index contributed by atoms with van der Waals surface area (Å²) >= 11 is 0. The molecule has 8 heteroatoms. The van der Waals surface area contributed by atoms with Crippen LogP contribution in [0.3, 0.4) is 0 Å². The number of aliphatic imine (C=N–C) groups is 1. The van der Waals surface area contributed by atoms with Gasteiger partial charge >= 0.3 is 6.03 Å². The summed E-state index contributed by atoms with van der Waals surface area (Å²) in [5.41, 5.74) is 2.54. The number of carbonyl (C=O) groups is 2. The summed E-state index contributed by atoms with van der Waals surface area (Å²) in [6, 6.07) is 20.0. The molecule has 33 heavy (non-hydrogen) atoms. The maximum Gasteiger partial charge on any atom is 0.317 e. The molecule has 1 aliphatic heterocycles. The number of rotatable bonds is 5. The Bertz CT molecular complexity index is 1230. The highest BCUT2D eigenvalue weighted by Crippen LogP contribution is 2.28. The molecule has 4 rings (SSSR count). The van der Waals surface area contributed by atoms with Crippen molar-refractivity contribution in [2.75, 3.05) is 19.1 Å². The van der Waals surface area contributed by atoms with E-state index in [4.69, 9.17) is 4.74 Å². The fourth-order valence-electron chi connectivity index (χ4n) is 3.62. The van der Waals surface area contributed by atoms with Crippen LogP contribution in [0.1, 0.15) is 16.7 Å². The van der Waals surface area contributed by atoms with Crippen LogP contribution in [-0.2, 0) is 11.3 Å². The zero-order valence-electron chi connectivity index (χ0n) is 18.2. The summed E-state index contributed by atoms with van der Waals surface area (Å²) in [5.74, 6) is -0.234. The van der Waals surface area contributed by atoms with Gasteiger partial charge in [-0.1, -0.05) is 42.5 Å². The van der Waals surface area contributed by atoms with Gasteiger partial charge in [-0.05, 0) is 35.9 Å². The van der Waals surface area contributed by atoms with Gasteiger partial charge in [0.1, 0.15) is 11.6 Å². The number of hydrogen-bond donors (Lipinski definition) is 2. The van der Waals surface area contributed by atoms with Crippen LogP contribution in [0.2, 0.25) is 0 Å². The van der Waals surface area contributed by atoms with E-state index in [0.717, 1.165) is 5.56 Å². The molecule has 1 aliphatic rings. The summed E-state index contributed by atoms with van der Waals surface area (Å²) in [4.78, 5) is 31.7. The molecule has 0 saturated heterocycles. The highest BCUT2D eigenvalue weighted by atomic mass is 19.1. The number of fused-ring (bicyclic) bond motifs is 1. The van der Waals surface area contributed by atoms with Crippen LogP contribution >= 0.6 is 0 Å². The molecule has 168 valence electrons. The maximum atomic E-state index is 14.7. The fraction of sp³-hybridized carbons (Fsp3) is 0.160. The molecule has 0 fully saturated rings. The van der Waals surface area contributed by atoms with Gasteiger partial charge in [-0.25, -0.2) is 14.2 Å². The molecule has 3 aromatic rings. The number of para-hydroxylation sites is 1. The molecule has 0 aromatic heterocycles. The molecule has 3 aromatic carbocycles. The number of methoxy groups -OCH3 is 1. The lowest BCUT2D eigenvalue weighted by Gasteiger charge is -2.21. The van der Waals surface area contributed by atoms with Crippen molar-refractivity contribution in [2.45, 2.75) is 12.7 Å². The Morgan fingerprint density at radius 1 is 1.06 bits per heavy atom. The minimum Gasteiger partial charge on any atom is -0.497 e. The molecular formula is C25H23FN4O3. The molecule has 0 saturated carbocycles. The van der Waals surface area contributed by atoms with Crippen LogP contribution in [0.5, 0.6) is 5.75 Å². The van der Waals surface area contributed by atoms with Crippen molar-refractivity contribution < 1.29 is 18.7 Å². The van der Waals surface area contributed by atoms with E-state index in [9.17, 15) is 14.0 Å². The van der Waals surface area contributed by atoms with Crippen LogP contribution in [0.25, 0.3) is 0 Å². The number of ether oxygens (including phenoxy) is 1. The number of benzodiazepines with no additional fused rings is 1. The lowest BCUT2D eigenvalue weighted by molar-refractivity contribution is -0.119. The Labute approximate surface area is 190 Å². The van der Waals surface area contributed by atoms with Crippen molar-refractivity contribution in [3.63, 3.8) is 0 Å². The van der Waals surface area contributed by atoms with Gasteiger partial charge in [-0.3, -0.25) is 4.79 Å². The van der Waals surface area contributed by atoms with Crippen molar-refractivity contribution in [3.05, 3.63) is 95.3 Å². The Hall–Kier alpha value is -4.20. The van der Waals surface area contributed by atoms with E-state index >= 15 is 0 Å². The average Bonchev–Trinajstić information content (AvgIpc) is 2.94. The SMILES string of the molecule is COc1cccc(CNC(=O)NC2N=C(c3ccccc3F)c3ccccc3N(C)C2=O)c1. The monoisotopic (exact) mass is 446 g/mol. The van der Waals surface area contributed by atoms with E-state index in [1.165, 1.54) is 11.0 Å². The molecule has 0 radical (unpaired) electrons. The number of likely N-dealkylation sites (N-methyl/N-ethyl adjacent to an activating group) is 1. The number of amides is 3. The molecule has 0 spiro atoms. The summed E-state index contributed by atoms with van der Waals surface area (Å²) < 4.78 is 19.9. The first-order valence-corrected chi connectivity index (χ1v) is 10.3. The summed E-state index contributed by atoms with van der Waals surface area (Å²) in [5, 5.41) is 5.33. The van der Waals surface area contributed by atoms with Crippen molar-refractivity contribution in [3.8, 4) is 5.75 Å². The number of carbonyl (C=O) groups excluding carboxylic acids is 2. The van der Waals surface area contributed by atoms with Crippen LogP contribution in [-0.4, -0.2) is 38.0 Å². The van der Waals surface area contributed by atoms with E-state index in [2.05, 4.69) is 15.6 Å². The molecule has 0 aliphatic carbocycles. The molecule has 7 nitrogen and oxygen atoms in total. The molecular weight excluding hydrogens is 423 g/mol. The second kappa shape index (κ2) is 9.52. The van der Waals surface area contributed by atoms with Gasteiger partial charge in [0.15, 0.2) is 0 Å². The maximum absolute atomic E-state index is 14.7. The predicted octanol–water partition coefficient (Wildman–Crippen LogP) is 3.47. The zero-order chi connectivity index (χ0) is 23.4. The van der Waals surface area contributed by atoms with E-state index in [0.29, 0.717) is 22.7 Å². The quantitative estimate of drug-likeness (QED) is 0.630. The standard InChI is InChI=1S/C25H23FN4O3/c1-30-21-13-6-4-11-19(21)22(18-10-3-5-12-20(18)26)28-23(24(30)31)29-25(32)27-15-16-8-7-9-17(14-16)33-2/h3-14,23H,15H2,1-2H3,(H2,27,29,32). The second-order valence-electron chi connectivity index (χ2n) is 7.45. The topological polar surface area (TPSA) is 83.0 Å². The normalized spacial score (nSPS) is 15.2. The molecule has 1 heterocycles. The highest BCUT2D eigenvalue weighted by molar-refractivity contribution is 6.20. The zero-order valence-corrected chi connectivity index (χ0v) is 18.2. The second-order valence-corrected chi connectivity index (χ2v) is 7.45. The molecule has 3 amide bonds.